The van der Waals surface area contributed by atoms with Crippen molar-refractivity contribution in [3.05, 3.63) is 34.9 Å². The third kappa shape index (κ3) is 2.76. The molecule has 0 saturated carbocycles. The summed E-state index contributed by atoms with van der Waals surface area (Å²) in [6.07, 6.45) is 3.88. The molecule has 0 bridgehead atoms. The Bertz CT molecular complexity index is 400. The smallest absolute Gasteiger partial charge is 0.0387 e. The minimum atomic E-state index is 0.498. The lowest BCUT2D eigenvalue weighted by Gasteiger charge is -2.33. The second kappa shape index (κ2) is 5.85. The van der Waals surface area contributed by atoms with E-state index in [-0.39, 0.29) is 0 Å². The van der Waals surface area contributed by atoms with Crippen molar-refractivity contribution in [2.45, 2.75) is 39.2 Å². The van der Waals surface area contributed by atoms with Crippen molar-refractivity contribution >= 4 is 0 Å². The minimum Gasteiger partial charge on any atom is -0.330 e. The van der Waals surface area contributed by atoms with Crippen LogP contribution in [0.4, 0.5) is 0 Å². The van der Waals surface area contributed by atoms with Gasteiger partial charge in [-0.05, 0) is 63.9 Å². The first-order valence-corrected chi connectivity index (χ1v) is 7.11. The Hall–Kier alpha value is -0.860. The van der Waals surface area contributed by atoms with Gasteiger partial charge in [0.15, 0.2) is 0 Å². The van der Waals surface area contributed by atoms with Crippen LogP contribution in [0.1, 0.15) is 42.0 Å². The van der Waals surface area contributed by atoms with Gasteiger partial charge in [0.2, 0.25) is 0 Å². The first-order valence-electron chi connectivity index (χ1n) is 7.11. The Kier molecular flexibility index (Phi) is 4.41. The van der Waals surface area contributed by atoms with Gasteiger partial charge in [0.25, 0.3) is 0 Å². The summed E-state index contributed by atoms with van der Waals surface area (Å²) in [5.74, 6) is 0.596. The highest BCUT2D eigenvalue weighted by atomic mass is 15.1. The maximum Gasteiger partial charge on any atom is 0.0387 e. The molecule has 0 amide bonds. The first-order chi connectivity index (χ1) is 8.63. The fourth-order valence-electron chi connectivity index (χ4n) is 3.32. The summed E-state index contributed by atoms with van der Waals surface area (Å²) in [6, 6.07) is 7.33. The Morgan fingerprint density at radius 1 is 1.28 bits per heavy atom. The summed E-state index contributed by atoms with van der Waals surface area (Å²) >= 11 is 0. The number of hydrogen-bond donors (Lipinski definition) is 1. The Morgan fingerprint density at radius 3 is 2.72 bits per heavy atom. The zero-order chi connectivity index (χ0) is 13.1. The van der Waals surface area contributed by atoms with Crippen LogP contribution in [-0.2, 0) is 0 Å². The molecule has 1 saturated heterocycles. The minimum absolute atomic E-state index is 0.498. The average molecular weight is 246 g/mol. The lowest BCUT2D eigenvalue weighted by Crippen LogP contribution is -2.33. The first kappa shape index (κ1) is 13.6. The van der Waals surface area contributed by atoms with Crippen LogP contribution in [0, 0.1) is 19.8 Å². The normalized spacial score (nSPS) is 26.0. The molecule has 2 atom stereocenters. The Labute approximate surface area is 111 Å². The zero-order valence-electron chi connectivity index (χ0n) is 11.9. The highest BCUT2D eigenvalue weighted by Gasteiger charge is 2.28. The number of aryl methyl sites for hydroxylation is 2. The summed E-state index contributed by atoms with van der Waals surface area (Å²) in [4.78, 5) is 2.50. The molecule has 1 aromatic carbocycles. The summed E-state index contributed by atoms with van der Waals surface area (Å²) < 4.78 is 0. The molecule has 2 N–H and O–H groups in total. The van der Waals surface area contributed by atoms with Crippen molar-refractivity contribution in [2.24, 2.45) is 11.7 Å². The summed E-state index contributed by atoms with van der Waals surface area (Å²) in [5, 5.41) is 0. The van der Waals surface area contributed by atoms with E-state index in [0.717, 1.165) is 6.54 Å². The van der Waals surface area contributed by atoms with Crippen molar-refractivity contribution in [2.75, 3.05) is 20.1 Å². The third-order valence-electron chi connectivity index (χ3n) is 4.30. The zero-order valence-corrected chi connectivity index (χ0v) is 11.9. The Balaban J connectivity index is 2.36. The van der Waals surface area contributed by atoms with E-state index in [1.807, 2.05) is 0 Å². The van der Waals surface area contributed by atoms with E-state index in [1.54, 1.807) is 0 Å². The lowest BCUT2D eigenvalue weighted by molar-refractivity contribution is 0.195. The molecule has 2 heteroatoms. The Morgan fingerprint density at radius 2 is 2.06 bits per heavy atom. The lowest BCUT2D eigenvalue weighted by atomic mass is 9.87. The molecule has 1 aliphatic heterocycles. The number of benzene rings is 1. The molecule has 1 fully saturated rings. The molecule has 0 aliphatic carbocycles. The van der Waals surface area contributed by atoms with Gasteiger partial charge in [0.1, 0.15) is 0 Å². The van der Waals surface area contributed by atoms with Gasteiger partial charge < -0.3 is 5.73 Å². The number of rotatable bonds is 2. The largest absolute Gasteiger partial charge is 0.330 e. The molecule has 0 spiro atoms. The van der Waals surface area contributed by atoms with Crippen LogP contribution < -0.4 is 5.73 Å². The van der Waals surface area contributed by atoms with Crippen LogP contribution in [0.5, 0.6) is 0 Å². The van der Waals surface area contributed by atoms with Crippen molar-refractivity contribution < 1.29 is 0 Å². The van der Waals surface area contributed by atoms with Crippen LogP contribution in [-0.4, -0.2) is 25.0 Å². The van der Waals surface area contributed by atoms with Gasteiger partial charge in [-0.2, -0.15) is 0 Å². The van der Waals surface area contributed by atoms with Crippen molar-refractivity contribution in [3.63, 3.8) is 0 Å². The highest BCUT2D eigenvalue weighted by Crippen LogP contribution is 2.35. The molecule has 1 heterocycles. The second-order valence-electron chi connectivity index (χ2n) is 5.78. The van der Waals surface area contributed by atoms with Crippen LogP contribution in [0.3, 0.4) is 0 Å². The van der Waals surface area contributed by atoms with Gasteiger partial charge in [0.05, 0.1) is 0 Å². The molecule has 0 radical (unpaired) electrons. The van der Waals surface area contributed by atoms with E-state index < -0.39 is 0 Å². The number of hydrogen-bond acceptors (Lipinski definition) is 2. The number of nitrogens with two attached hydrogens (primary N) is 1. The average Bonchev–Trinajstić information content (AvgIpc) is 2.51. The molecule has 1 aliphatic rings. The molecule has 2 nitrogen and oxygen atoms in total. The number of likely N-dealkylation sites (tertiary alicyclic amines) is 1. The predicted molar refractivity (Wildman–Crippen MR) is 77.7 cm³/mol. The summed E-state index contributed by atoms with van der Waals surface area (Å²) in [7, 11) is 2.25. The van der Waals surface area contributed by atoms with E-state index in [2.05, 4.69) is 44.0 Å². The fourth-order valence-corrected chi connectivity index (χ4v) is 3.32. The number of nitrogens with zero attached hydrogens (tertiary/aromatic N) is 1. The van der Waals surface area contributed by atoms with E-state index >= 15 is 0 Å². The SMILES string of the molecule is Cc1ccc(C2C(CN)CCCCN2C)c(C)c1. The predicted octanol–water partition coefficient (Wildman–Crippen LogP) is 3.04. The van der Waals surface area contributed by atoms with E-state index in [1.165, 1.54) is 42.5 Å². The molecular weight excluding hydrogens is 220 g/mol. The van der Waals surface area contributed by atoms with Gasteiger partial charge in [-0.1, -0.05) is 30.2 Å². The maximum absolute atomic E-state index is 6.02. The third-order valence-corrected chi connectivity index (χ3v) is 4.30. The molecule has 2 unspecified atom stereocenters. The molecular formula is C16H26N2. The van der Waals surface area contributed by atoms with Gasteiger partial charge in [-0.3, -0.25) is 4.90 Å². The van der Waals surface area contributed by atoms with Crippen molar-refractivity contribution in [3.8, 4) is 0 Å². The molecule has 2 rings (SSSR count). The molecule has 1 aromatic rings. The van der Waals surface area contributed by atoms with Crippen LogP contribution in [0.25, 0.3) is 0 Å². The van der Waals surface area contributed by atoms with Crippen LogP contribution >= 0.6 is 0 Å². The maximum atomic E-state index is 6.02. The topological polar surface area (TPSA) is 29.3 Å². The standard InChI is InChI=1S/C16H26N2/c1-12-7-8-15(13(2)10-12)16-14(11-17)6-4-5-9-18(16)3/h7-8,10,14,16H,4-6,9,11,17H2,1-3H3. The highest BCUT2D eigenvalue weighted by molar-refractivity contribution is 5.33. The van der Waals surface area contributed by atoms with Crippen LogP contribution in [0.2, 0.25) is 0 Å². The van der Waals surface area contributed by atoms with Crippen molar-refractivity contribution in [1.82, 2.24) is 4.90 Å². The van der Waals surface area contributed by atoms with Gasteiger partial charge in [0, 0.05) is 6.04 Å². The molecule has 100 valence electrons. The monoisotopic (exact) mass is 246 g/mol. The van der Waals surface area contributed by atoms with Crippen molar-refractivity contribution in [1.29, 1.82) is 0 Å². The molecule has 0 aromatic heterocycles. The fraction of sp³-hybridized carbons (Fsp3) is 0.625. The van der Waals surface area contributed by atoms with Gasteiger partial charge in [-0.15, -0.1) is 0 Å². The molecule has 18 heavy (non-hydrogen) atoms. The van der Waals surface area contributed by atoms with E-state index in [4.69, 9.17) is 5.73 Å². The second-order valence-corrected chi connectivity index (χ2v) is 5.78. The van der Waals surface area contributed by atoms with E-state index in [9.17, 15) is 0 Å². The van der Waals surface area contributed by atoms with E-state index in [0.29, 0.717) is 12.0 Å². The quantitative estimate of drug-likeness (QED) is 0.869. The summed E-state index contributed by atoms with van der Waals surface area (Å²) in [5.41, 5.74) is 10.2. The van der Waals surface area contributed by atoms with Gasteiger partial charge in [-0.25, -0.2) is 0 Å². The van der Waals surface area contributed by atoms with Gasteiger partial charge >= 0.3 is 0 Å². The van der Waals surface area contributed by atoms with Crippen LogP contribution in [0.15, 0.2) is 18.2 Å². The summed E-state index contributed by atoms with van der Waals surface area (Å²) in [6.45, 7) is 6.37.